The first-order chi connectivity index (χ1) is 5.24. The van der Waals surface area contributed by atoms with Crippen molar-refractivity contribution in [2.75, 3.05) is 6.61 Å². The third-order valence-corrected chi connectivity index (χ3v) is 1.75. The Bertz CT molecular complexity index is 247. The molecule has 3 nitrogen and oxygen atoms in total. The molecule has 76 valence electrons. The van der Waals surface area contributed by atoms with Gasteiger partial charge in [-0.25, -0.2) is 4.98 Å². The van der Waals surface area contributed by atoms with Crippen LogP contribution in [0.25, 0.3) is 0 Å². The minimum Gasteiger partial charge on any atom is -0.394 e. The third kappa shape index (κ3) is 5.07. The van der Waals surface area contributed by atoms with Crippen molar-refractivity contribution in [2.45, 2.75) is 6.04 Å². The largest absolute Gasteiger partial charge is 0.394 e. The average Bonchev–Trinajstić information content (AvgIpc) is 2.03. The van der Waals surface area contributed by atoms with Crippen molar-refractivity contribution in [1.29, 1.82) is 0 Å². The second-order valence-electron chi connectivity index (χ2n) is 2.17. The maximum absolute atomic E-state index is 8.70. The highest BCUT2D eigenvalue weighted by Gasteiger charge is 2.04. The second kappa shape index (κ2) is 7.87. The summed E-state index contributed by atoms with van der Waals surface area (Å²) in [7, 11) is 0. The van der Waals surface area contributed by atoms with Gasteiger partial charge in [0.25, 0.3) is 0 Å². The lowest BCUT2D eigenvalue weighted by Gasteiger charge is -2.06. The highest BCUT2D eigenvalue weighted by molar-refractivity contribution is 9.10. The number of hydrogen-bond acceptors (Lipinski definition) is 3. The van der Waals surface area contributed by atoms with Crippen LogP contribution in [-0.4, -0.2) is 16.7 Å². The molecule has 0 radical (unpaired) electrons. The number of nitrogens with two attached hydrogens (primary N) is 1. The van der Waals surface area contributed by atoms with Crippen molar-refractivity contribution < 1.29 is 5.11 Å². The molecule has 0 aliphatic rings. The molecule has 13 heavy (non-hydrogen) atoms. The van der Waals surface area contributed by atoms with Gasteiger partial charge in [-0.15, -0.1) is 34.0 Å². The van der Waals surface area contributed by atoms with Crippen LogP contribution in [-0.2, 0) is 0 Å². The quantitative estimate of drug-likeness (QED) is 0.774. The zero-order valence-corrected chi connectivity index (χ0v) is 11.7. The lowest BCUT2D eigenvalue weighted by molar-refractivity contribution is 0.266. The molecule has 1 aromatic heterocycles. The van der Waals surface area contributed by atoms with Crippen LogP contribution in [0.5, 0.6) is 0 Å². The molecule has 3 N–H and O–H groups in total. The number of halogens is 3. The fraction of sp³-hybridized carbons (Fsp3) is 0.286. The van der Waals surface area contributed by atoms with Crippen molar-refractivity contribution in [3.8, 4) is 0 Å². The molecule has 1 atom stereocenters. The highest BCUT2D eigenvalue weighted by atomic mass is 79.9. The van der Waals surface area contributed by atoms with Crippen molar-refractivity contribution >= 4 is 49.9 Å². The average molecular weight is 379 g/mol. The summed E-state index contributed by atoms with van der Waals surface area (Å²) in [5.41, 5.74) is 6.23. The van der Waals surface area contributed by atoms with Crippen molar-refractivity contribution in [1.82, 2.24) is 4.98 Å². The monoisotopic (exact) mass is 376 g/mol. The van der Waals surface area contributed by atoms with Crippen molar-refractivity contribution in [3.05, 3.63) is 28.5 Å². The Hall–Kier alpha value is 0.510. The molecular formula is C7H11Br3N2O. The van der Waals surface area contributed by atoms with Gasteiger partial charge in [-0.2, -0.15) is 0 Å². The van der Waals surface area contributed by atoms with Crippen LogP contribution in [0.1, 0.15) is 11.7 Å². The number of nitrogens with zero attached hydrogens (tertiary/aromatic N) is 1. The minimum absolute atomic E-state index is 0. The van der Waals surface area contributed by atoms with Gasteiger partial charge in [0.2, 0.25) is 0 Å². The summed E-state index contributed by atoms with van der Waals surface area (Å²) >= 11 is 3.21. The molecule has 1 aromatic rings. The molecule has 1 unspecified atom stereocenters. The van der Waals surface area contributed by atoms with E-state index in [9.17, 15) is 0 Å². The molecule has 0 aromatic carbocycles. The van der Waals surface area contributed by atoms with Crippen LogP contribution in [0.2, 0.25) is 0 Å². The Kier molecular flexibility index (Phi) is 9.66. The van der Waals surface area contributed by atoms with Gasteiger partial charge in [-0.3, -0.25) is 0 Å². The zero-order chi connectivity index (χ0) is 8.27. The summed E-state index contributed by atoms with van der Waals surface area (Å²) in [5.74, 6) is 0. The molecule has 0 aliphatic carbocycles. The highest BCUT2D eigenvalue weighted by Crippen LogP contribution is 2.10. The van der Waals surface area contributed by atoms with Crippen LogP contribution in [0.3, 0.4) is 0 Å². The number of hydrogen-bond donors (Lipinski definition) is 2. The lowest BCUT2D eigenvalue weighted by Crippen LogP contribution is -2.15. The number of aliphatic hydroxyl groups is 1. The summed E-state index contributed by atoms with van der Waals surface area (Å²) < 4.78 is 0.735. The molecule has 0 fully saturated rings. The van der Waals surface area contributed by atoms with Gasteiger partial charge < -0.3 is 10.8 Å². The fourth-order valence-corrected chi connectivity index (χ4v) is 1.08. The summed E-state index contributed by atoms with van der Waals surface area (Å²) in [6.07, 6.45) is 0. The number of rotatable bonds is 2. The maximum Gasteiger partial charge on any atom is 0.106 e. The summed E-state index contributed by atoms with van der Waals surface area (Å²) in [5, 5.41) is 8.70. The Morgan fingerprint density at radius 1 is 1.46 bits per heavy atom. The van der Waals surface area contributed by atoms with E-state index in [1.165, 1.54) is 0 Å². The van der Waals surface area contributed by atoms with Gasteiger partial charge in [0.15, 0.2) is 0 Å². The van der Waals surface area contributed by atoms with Crippen LogP contribution in [0.4, 0.5) is 0 Å². The van der Waals surface area contributed by atoms with E-state index in [-0.39, 0.29) is 46.6 Å². The summed E-state index contributed by atoms with van der Waals surface area (Å²) in [4.78, 5) is 4.08. The van der Waals surface area contributed by atoms with Gasteiger partial charge in [-0.1, -0.05) is 6.07 Å². The molecule has 0 aliphatic heterocycles. The first kappa shape index (κ1) is 16.0. The van der Waals surface area contributed by atoms with E-state index in [2.05, 4.69) is 20.9 Å². The standard InChI is InChI=1S/C7H9BrN2O.2BrH/c8-7-3-1-2-6(10-7)5(9)4-11;;/h1-3,5,11H,4,9H2;2*1H. The first-order valence-corrected chi connectivity index (χ1v) is 4.02. The van der Waals surface area contributed by atoms with Gasteiger partial charge >= 0.3 is 0 Å². The molecule has 0 spiro atoms. The van der Waals surface area contributed by atoms with E-state index in [1.807, 2.05) is 12.1 Å². The van der Waals surface area contributed by atoms with Gasteiger partial charge in [0, 0.05) is 0 Å². The van der Waals surface area contributed by atoms with Crippen LogP contribution in [0, 0.1) is 0 Å². The van der Waals surface area contributed by atoms with Gasteiger partial charge in [0.1, 0.15) is 4.60 Å². The molecule has 0 bridgehead atoms. The Balaban J connectivity index is 0. The van der Waals surface area contributed by atoms with E-state index in [0.717, 1.165) is 4.60 Å². The number of aliphatic hydroxyl groups excluding tert-OH is 1. The van der Waals surface area contributed by atoms with E-state index in [1.54, 1.807) is 6.07 Å². The van der Waals surface area contributed by atoms with Crippen molar-refractivity contribution in [3.63, 3.8) is 0 Å². The predicted octanol–water partition coefficient (Wildman–Crippen LogP) is 1.99. The van der Waals surface area contributed by atoms with Crippen molar-refractivity contribution in [2.24, 2.45) is 5.73 Å². The van der Waals surface area contributed by atoms with E-state index in [0.29, 0.717) is 5.69 Å². The van der Waals surface area contributed by atoms with Crippen LogP contribution in [0.15, 0.2) is 22.8 Å². The molecule has 1 heterocycles. The Morgan fingerprint density at radius 3 is 2.54 bits per heavy atom. The predicted molar refractivity (Wildman–Crippen MR) is 66.6 cm³/mol. The molecule has 0 saturated heterocycles. The number of pyridine rings is 1. The summed E-state index contributed by atoms with van der Waals surface area (Å²) in [6.45, 7) is -0.0799. The van der Waals surface area contributed by atoms with Gasteiger partial charge in [0.05, 0.1) is 18.3 Å². The normalized spacial score (nSPS) is 11.0. The molecular weight excluding hydrogens is 368 g/mol. The maximum atomic E-state index is 8.70. The second-order valence-corrected chi connectivity index (χ2v) is 2.99. The van der Waals surface area contributed by atoms with E-state index < -0.39 is 0 Å². The van der Waals surface area contributed by atoms with E-state index >= 15 is 0 Å². The molecule has 0 saturated carbocycles. The molecule has 1 rings (SSSR count). The van der Waals surface area contributed by atoms with Crippen LogP contribution < -0.4 is 5.73 Å². The zero-order valence-electron chi connectivity index (χ0n) is 6.68. The lowest BCUT2D eigenvalue weighted by atomic mass is 10.2. The topological polar surface area (TPSA) is 59.1 Å². The third-order valence-electron chi connectivity index (χ3n) is 1.31. The van der Waals surface area contributed by atoms with E-state index in [4.69, 9.17) is 10.8 Å². The summed E-state index contributed by atoms with van der Waals surface area (Å²) in [6, 6.07) is 5.05. The Morgan fingerprint density at radius 2 is 2.08 bits per heavy atom. The molecule has 0 amide bonds. The SMILES string of the molecule is Br.Br.NC(CO)c1cccc(Br)n1. The first-order valence-electron chi connectivity index (χ1n) is 3.23. The molecule has 6 heteroatoms. The number of aromatic nitrogens is 1. The Labute approximate surface area is 106 Å². The minimum atomic E-state index is -0.382. The fourth-order valence-electron chi connectivity index (χ4n) is 0.724. The smallest absolute Gasteiger partial charge is 0.106 e. The van der Waals surface area contributed by atoms with Gasteiger partial charge in [-0.05, 0) is 28.1 Å². The van der Waals surface area contributed by atoms with Crippen LogP contribution >= 0.6 is 49.9 Å².